The Balaban J connectivity index is 2.20. The Bertz CT molecular complexity index is 320. The fourth-order valence-corrected chi connectivity index (χ4v) is 3.73. The number of aryl methyl sites for hydroxylation is 1. The maximum atomic E-state index is 5.85. The van der Waals surface area contributed by atoms with Gasteiger partial charge in [0.1, 0.15) is 0 Å². The zero-order valence-electron chi connectivity index (χ0n) is 8.83. The second-order valence-corrected chi connectivity index (χ2v) is 6.12. The average Bonchev–Trinajstić information content (AvgIpc) is 2.59. The van der Waals surface area contributed by atoms with E-state index in [1.54, 1.807) is 0 Å². The maximum absolute atomic E-state index is 5.85. The van der Waals surface area contributed by atoms with Gasteiger partial charge in [-0.3, -0.25) is 0 Å². The molecule has 2 heterocycles. The number of hydrogen-bond acceptors (Lipinski definition) is 3. The maximum Gasteiger partial charge on any atom is 0.0957 e. The molecule has 4 heteroatoms. The molecule has 0 amide bonds. The Hall–Kier alpha value is 0.100. The van der Waals surface area contributed by atoms with Gasteiger partial charge >= 0.3 is 0 Å². The van der Waals surface area contributed by atoms with Crippen molar-refractivity contribution in [2.24, 2.45) is 11.7 Å². The van der Waals surface area contributed by atoms with Crippen LogP contribution in [0.25, 0.3) is 0 Å². The third-order valence-electron chi connectivity index (χ3n) is 2.90. The third-order valence-corrected chi connectivity index (χ3v) is 5.10. The average molecular weight is 290 g/mol. The van der Waals surface area contributed by atoms with Crippen LogP contribution < -0.4 is 5.73 Å². The Kier molecular flexibility index (Phi) is 3.83. The number of halogens is 1. The molecule has 1 aromatic rings. The Morgan fingerprint density at radius 2 is 2.47 bits per heavy atom. The Labute approximate surface area is 103 Å². The lowest BCUT2D eigenvalue weighted by Crippen LogP contribution is -2.28. The van der Waals surface area contributed by atoms with Gasteiger partial charge in [0, 0.05) is 26.8 Å². The van der Waals surface area contributed by atoms with Crippen LogP contribution in [0.3, 0.4) is 0 Å². The first-order valence-electron chi connectivity index (χ1n) is 5.30. The molecule has 0 bridgehead atoms. The molecule has 2 unspecified atom stereocenters. The van der Waals surface area contributed by atoms with Gasteiger partial charge in [0.25, 0.3) is 0 Å². The van der Waals surface area contributed by atoms with Crippen LogP contribution in [0.5, 0.6) is 0 Å². The van der Waals surface area contributed by atoms with Crippen molar-refractivity contribution in [1.82, 2.24) is 0 Å². The summed E-state index contributed by atoms with van der Waals surface area (Å²) in [5.74, 6) is 0.490. The highest BCUT2D eigenvalue weighted by Crippen LogP contribution is 2.39. The zero-order valence-corrected chi connectivity index (χ0v) is 11.2. The summed E-state index contributed by atoms with van der Waals surface area (Å²) in [4.78, 5) is 2.63. The van der Waals surface area contributed by atoms with E-state index in [0.29, 0.717) is 5.92 Å². The predicted molar refractivity (Wildman–Crippen MR) is 67.2 cm³/mol. The van der Waals surface area contributed by atoms with E-state index in [-0.39, 0.29) is 6.10 Å². The summed E-state index contributed by atoms with van der Waals surface area (Å²) >= 11 is 5.36. The Morgan fingerprint density at radius 1 is 1.67 bits per heavy atom. The molecule has 0 aliphatic carbocycles. The third kappa shape index (κ3) is 2.44. The second-order valence-electron chi connectivity index (χ2n) is 3.98. The van der Waals surface area contributed by atoms with E-state index in [0.717, 1.165) is 19.6 Å². The molecule has 84 valence electrons. The normalized spacial score (nSPS) is 26.9. The van der Waals surface area contributed by atoms with Crippen molar-refractivity contribution in [3.05, 3.63) is 20.3 Å². The van der Waals surface area contributed by atoms with E-state index in [9.17, 15) is 0 Å². The number of ether oxygens (including phenoxy) is 1. The van der Waals surface area contributed by atoms with Gasteiger partial charge in [-0.1, -0.05) is 0 Å². The Morgan fingerprint density at radius 3 is 3.07 bits per heavy atom. The molecule has 2 N–H and O–H groups in total. The molecule has 1 aromatic heterocycles. The van der Waals surface area contributed by atoms with E-state index < -0.39 is 0 Å². The highest BCUT2D eigenvalue weighted by atomic mass is 79.9. The largest absolute Gasteiger partial charge is 0.372 e. The lowest BCUT2D eigenvalue weighted by atomic mass is 9.93. The first-order valence-corrected chi connectivity index (χ1v) is 6.91. The van der Waals surface area contributed by atoms with E-state index >= 15 is 0 Å². The first-order chi connectivity index (χ1) is 7.22. The summed E-state index contributed by atoms with van der Waals surface area (Å²) in [6, 6.07) is 2.18. The van der Waals surface area contributed by atoms with Crippen molar-refractivity contribution in [3.63, 3.8) is 0 Å². The topological polar surface area (TPSA) is 35.2 Å². The summed E-state index contributed by atoms with van der Waals surface area (Å²) in [7, 11) is 0. The predicted octanol–water partition coefficient (Wildman–Crippen LogP) is 3.25. The summed E-state index contributed by atoms with van der Waals surface area (Å²) in [5, 5.41) is 0. The molecule has 1 saturated heterocycles. The van der Waals surface area contributed by atoms with E-state index in [4.69, 9.17) is 10.5 Å². The molecular weight excluding hydrogens is 274 g/mol. The van der Waals surface area contributed by atoms with E-state index in [1.807, 2.05) is 11.3 Å². The summed E-state index contributed by atoms with van der Waals surface area (Å²) in [6.07, 6.45) is 2.55. The second kappa shape index (κ2) is 4.95. The van der Waals surface area contributed by atoms with Crippen LogP contribution in [-0.2, 0) is 4.74 Å². The van der Waals surface area contributed by atoms with Crippen LogP contribution in [0.1, 0.15) is 28.7 Å². The van der Waals surface area contributed by atoms with Crippen LogP contribution in [0, 0.1) is 12.8 Å². The first kappa shape index (κ1) is 11.6. The molecule has 1 fully saturated rings. The number of thiophene rings is 1. The van der Waals surface area contributed by atoms with Crippen molar-refractivity contribution in [3.8, 4) is 0 Å². The molecule has 1 aliphatic rings. The van der Waals surface area contributed by atoms with E-state index in [2.05, 4.69) is 28.9 Å². The monoisotopic (exact) mass is 289 g/mol. The van der Waals surface area contributed by atoms with Crippen molar-refractivity contribution >= 4 is 27.3 Å². The minimum atomic E-state index is 0.221. The van der Waals surface area contributed by atoms with Crippen molar-refractivity contribution in [1.29, 1.82) is 0 Å². The van der Waals surface area contributed by atoms with Crippen LogP contribution in [0.4, 0.5) is 0 Å². The van der Waals surface area contributed by atoms with Crippen LogP contribution in [0.2, 0.25) is 0 Å². The van der Waals surface area contributed by atoms with E-state index in [1.165, 1.54) is 20.6 Å². The van der Waals surface area contributed by atoms with Gasteiger partial charge in [-0.2, -0.15) is 0 Å². The van der Waals surface area contributed by atoms with Gasteiger partial charge in [-0.05, 0) is 48.3 Å². The van der Waals surface area contributed by atoms with Crippen molar-refractivity contribution < 1.29 is 4.74 Å². The highest BCUT2D eigenvalue weighted by Gasteiger charge is 2.27. The molecule has 2 atom stereocenters. The van der Waals surface area contributed by atoms with Gasteiger partial charge in [0.2, 0.25) is 0 Å². The van der Waals surface area contributed by atoms with Gasteiger partial charge in [0.05, 0.1) is 6.10 Å². The van der Waals surface area contributed by atoms with Gasteiger partial charge in [-0.15, -0.1) is 11.3 Å². The van der Waals surface area contributed by atoms with Crippen LogP contribution in [-0.4, -0.2) is 13.2 Å². The SMILES string of the molecule is Cc1sc(C2OCCCC2CN)cc1Br. The lowest BCUT2D eigenvalue weighted by Gasteiger charge is -2.30. The minimum absolute atomic E-state index is 0.221. The highest BCUT2D eigenvalue weighted by molar-refractivity contribution is 9.10. The zero-order chi connectivity index (χ0) is 10.8. The molecule has 0 saturated carbocycles. The molecule has 0 aromatic carbocycles. The molecule has 0 spiro atoms. The summed E-state index contributed by atoms with van der Waals surface area (Å²) < 4.78 is 7.03. The van der Waals surface area contributed by atoms with Gasteiger partial charge < -0.3 is 10.5 Å². The molecule has 1 aliphatic heterocycles. The lowest BCUT2D eigenvalue weighted by molar-refractivity contribution is -0.0230. The molecule has 15 heavy (non-hydrogen) atoms. The number of nitrogens with two attached hydrogens (primary N) is 1. The quantitative estimate of drug-likeness (QED) is 0.907. The fraction of sp³-hybridized carbons (Fsp3) is 0.636. The van der Waals surface area contributed by atoms with Gasteiger partial charge in [-0.25, -0.2) is 0 Å². The number of rotatable bonds is 2. The molecular formula is C11H16BrNOS. The van der Waals surface area contributed by atoms with Gasteiger partial charge in [0.15, 0.2) is 0 Å². The minimum Gasteiger partial charge on any atom is -0.372 e. The summed E-state index contributed by atoms with van der Waals surface area (Å²) in [6.45, 7) is 3.72. The molecule has 2 nitrogen and oxygen atoms in total. The molecule has 0 radical (unpaired) electrons. The fourth-order valence-electron chi connectivity index (χ4n) is 2.02. The van der Waals surface area contributed by atoms with Crippen molar-refractivity contribution in [2.75, 3.05) is 13.2 Å². The standard InChI is InChI=1S/C11H16BrNOS/c1-7-9(12)5-10(15-7)11-8(6-13)3-2-4-14-11/h5,8,11H,2-4,6,13H2,1H3. The smallest absolute Gasteiger partial charge is 0.0957 e. The molecule has 2 rings (SSSR count). The van der Waals surface area contributed by atoms with Crippen LogP contribution in [0.15, 0.2) is 10.5 Å². The summed E-state index contributed by atoms with van der Waals surface area (Å²) in [5.41, 5.74) is 5.79. The number of hydrogen-bond donors (Lipinski definition) is 1. The van der Waals surface area contributed by atoms with Crippen LogP contribution >= 0.6 is 27.3 Å². The van der Waals surface area contributed by atoms with Crippen molar-refractivity contribution in [2.45, 2.75) is 25.9 Å².